The number of benzene rings is 1. The number of alkyl carbamates (subject to hydrolysis) is 1. The first kappa shape index (κ1) is 12.6. The van der Waals surface area contributed by atoms with Crippen LogP contribution in [-0.4, -0.2) is 33.4 Å². The molecule has 2 heterocycles. The van der Waals surface area contributed by atoms with Gasteiger partial charge in [-0.25, -0.2) is 14.2 Å². The number of aliphatic hydroxyl groups is 1. The highest BCUT2D eigenvalue weighted by atomic mass is 19.1. The number of aliphatic hydroxyl groups excluding tert-OH is 1. The maximum atomic E-state index is 14.1. The number of halogens is 1. The zero-order valence-corrected chi connectivity index (χ0v) is 10.4. The summed E-state index contributed by atoms with van der Waals surface area (Å²) in [5.74, 6) is -0.489. The van der Waals surface area contributed by atoms with E-state index in [2.05, 4.69) is 10.3 Å². The Kier molecular flexibility index (Phi) is 3.11. The van der Waals surface area contributed by atoms with E-state index in [1.165, 1.54) is 17.0 Å². The van der Waals surface area contributed by atoms with Crippen LogP contribution in [-0.2, 0) is 4.74 Å². The van der Waals surface area contributed by atoms with E-state index < -0.39 is 24.1 Å². The Hall–Kier alpha value is -2.41. The Labute approximate surface area is 113 Å². The van der Waals surface area contributed by atoms with Gasteiger partial charge in [0.1, 0.15) is 11.9 Å². The molecule has 104 valence electrons. The van der Waals surface area contributed by atoms with Crippen LogP contribution in [0.3, 0.4) is 0 Å². The quantitative estimate of drug-likeness (QED) is 0.882. The van der Waals surface area contributed by atoms with Crippen LogP contribution in [0.1, 0.15) is 11.7 Å². The Bertz CT molecular complexity index is 630. The number of aromatic nitrogens is 2. The third-order valence-electron chi connectivity index (χ3n) is 3.15. The van der Waals surface area contributed by atoms with Gasteiger partial charge in [-0.05, 0) is 17.7 Å². The van der Waals surface area contributed by atoms with Crippen molar-refractivity contribution in [3.8, 4) is 5.69 Å². The number of ether oxygens (including phenoxy) is 1. The van der Waals surface area contributed by atoms with Crippen molar-refractivity contribution in [2.24, 2.45) is 0 Å². The Balaban J connectivity index is 1.85. The summed E-state index contributed by atoms with van der Waals surface area (Å²) in [5, 5.41) is 12.5. The highest BCUT2D eigenvalue weighted by Gasteiger charge is 2.30. The second-order valence-corrected chi connectivity index (χ2v) is 4.45. The van der Waals surface area contributed by atoms with Gasteiger partial charge in [0.2, 0.25) is 0 Å². The molecule has 0 spiro atoms. The number of cyclic esters (lactones) is 1. The molecule has 1 aliphatic rings. The summed E-state index contributed by atoms with van der Waals surface area (Å²) < 4.78 is 20.5. The maximum absolute atomic E-state index is 14.1. The normalized spacial score (nSPS) is 19.5. The Morgan fingerprint density at radius 2 is 2.40 bits per heavy atom. The highest BCUT2D eigenvalue weighted by molar-refractivity contribution is 5.69. The first-order chi connectivity index (χ1) is 9.65. The van der Waals surface area contributed by atoms with Gasteiger partial charge in [0.15, 0.2) is 6.10 Å². The van der Waals surface area contributed by atoms with Gasteiger partial charge >= 0.3 is 6.09 Å². The minimum Gasteiger partial charge on any atom is -0.441 e. The average Bonchev–Trinajstić information content (AvgIpc) is 3.09. The number of imidazole rings is 1. The van der Waals surface area contributed by atoms with Crippen LogP contribution in [0.2, 0.25) is 0 Å². The fourth-order valence-corrected chi connectivity index (χ4v) is 2.11. The molecule has 1 aromatic heterocycles. The van der Waals surface area contributed by atoms with E-state index in [9.17, 15) is 14.3 Å². The number of nitrogens with zero attached hydrogens (tertiary/aromatic N) is 2. The Morgan fingerprint density at radius 3 is 3.00 bits per heavy atom. The topological polar surface area (TPSA) is 76.4 Å². The first-order valence-electron chi connectivity index (χ1n) is 6.05. The average molecular weight is 277 g/mol. The van der Waals surface area contributed by atoms with E-state index in [1.54, 1.807) is 24.5 Å². The van der Waals surface area contributed by atoms with E-state index in [4.69, 9.17) is 4.74 Å². The predicted octanol–water partition coefficient (Wildman–Crippen LogP) is 1.15. The van der Waals surface area contributed by atoms with Crippen LogP contribution < -0.4 is 5.32 Å². The maximum Gasteiger partial charge on any atom is 0.407 e. The fourth-order valence-electron chi connectivity index (χ4n) is 2.11. The molecule has 2 atom stereocenters. The van der Waals surface area contributed by atoms with Gasteiger partial charge in [-0.1, -0.05) is 6.07 Å². The molecule has 1 amide bonds. The van der Waals surface area contributed by atoms with Crippen molar-refractivity contribution < 1.29 is 19.0 Å². The summed E-state index contributed by atoms with van der Waals surface area (Å²) >= 11 is 0. The SMILES string of the molecule is O=C1NCC(C(O)c2ccc(-n3ccnc3)c(F)c2)O1. The van der Waals surface area contributed by atoms with Crippen molar-refractivity contribution in [1.29, 1.82) is 0 Å². The minimum absolute atomic E-state index is 0.199. The molecule has 2 N–H and O–H groups in total. The van der Waals surface area contributed by atoms with Crippen molar-refractivity contribution in [2.75, 3.05) is 6.54 Å². The molecule has 2 unspecified atom stereocenters. The molecule has 2 aromatic rings. The van der Waals surface area contributed by atoms with E-state index in [0.29, 0.717) is 11.3 Å². The fraction of sp³-hybridized carbons (Fsp3) is 0.231. The summed E-state index contributed by atoms with van der Waals surface area (Å²) in [5.41, 5.74) is 0.688. The lowest BCUT2D eigenvalue weighted by Crippen LogP contribution is -2.22. The molecule has 0 bridgehead atoms. The first-order valence-corrected chi connectivity index (χ1v) is 6.05. The number of carbonyl (C=O) groups excluding carboxylic acids is 1. The van der Waals surface area contributed by atoms with E-state index in [-0.39, 0.29) is 6.54 Å². The van der Waals surface area contributed by atoms with Gasteiger partial charge in [0.05, 0.1) is 18.6 Å². The lowest BCUT2D eigenvalue weighted by molar-refractivity contribution is 0.0318. The molecule has 0 radical (unpaired) electrons. The third kappa shape index (κ3) is 2.23. The van der Waals surface area contributed by atoms with E-state index >= 15 is 0 Å². The number of amides is 1. The molecule has 6 nitrogen and oxygen atoms in total. The molecular formula is C13H12FN3O3. The van der Waals surface area contributed by atoms with Crippen LogP contribution >= 0.6 is 0 Å². The zero-order chi connectivity index (χ0) is 14.1. The molecular weight excluding hydrogens is 265 g/mol. The second-order valence-electron chi connectivity index (χ2n) is 4.45. The predicted molar refractivity (Wildman–Crippen MR) is 66.8 cm³/mol. The van der Waals surface area contributed by atoms with Crippen molar-refractivity contribution in [3.05, 3.63) is 48.3 Å². The molecule has 1 aromatic carbocycles. The van der Waals surface area contributed by atoms with Gasteiger partial charge in [-0.3, -0.25) is 0 Å². The summed E-state index contributed by atoms with van der Waals surface area (Å²) in [6.07, 6.45) is 2.30. The molecule has 1 fully saturated rings. The summed E-state index contributed by atoms with van der Waals surface area (Å²) in [6, 6.07) is 4.36. The summed E-state index contributed by atoms with van der Waals surface area (Å²) in [6.45, 7) is 0.199. The van der Waals surface area contributed by atoms with Gasteiger partial charge in [-0.15, -0.1) is 0 Å². The molecule has 3 rings (SSSR count). The number of nitrogens with one attached hydrogen (secondary N) is 1. The lowest BCUT2D eigenvalue weighted by atomic mass is 10.0. The summed E-state index contributed by atoms with van der Waals surface area (Å²) in [4.78, 5) is 14.8. The second kappa shape index (κ2) is 4.93. The molecule has 1 saturated heterocycles. The number of carbonyl (C=O) groups is 1. The molecule has 20 heavy (non-hydrogen) atoms. The molecule has 1 aliphatic heterocycles. The van der Waals surface area contributed by atoms with Crippen molar-refractivity contribution >= 4 is 6.09 Å². The van der Waals surface area contributed by atoms with Crippen molar-refractivity contribution in [1.82, 2.24) is 14.9 Å². The number of hydrogen-bond acceptors (Lipinski definition) is 4. The largest absolute Gasteiger partial charge is 0.441 e. The van der Waals surface area contributed by atoms with Gasteiger partial charge < -0.3 is 19.7 Å². The monoisotopic (exact) mass is 277 g/mol. The zero-order valence-electron chi connectivity index (χ0n) is 10.4. The van der Waals surface area contributed by atoms with Crippen molar-refractivity contribution in [3.63, 3.8) is 0 Å². The molecule has 7 heteroatoms. The van der Waals surface area contributed by atoms with Crippen LogP contribution in [0, 0.1) is 5.82 Å². The van der Waals surface area contributed by atoms with Gasteiger partial charge in [0.25, 0.3) is 0 Å². The Morgan fingerprint density at radius 1 is 1.55 bits per heavy atom. The van der Waals surface area contributed by atoms with E-state index in [0.717, 1.165) is 0 Å². The van der Waals surface area contributed by atoms with Crippen LogP contribution in [0.4, 0.5) is 9.18 Å². The van der Waals surface area contributed by atoms with Gasteiger partial charge in [0, 0.05) is 12.4 Å². The van der Waals surface area contributed by atoms with Gasteiger partial charge in [-0.2, -0.15) is 0 Å². The number of hydrogen-bond donors (Lipinski definition) is 2. The smallest absolute Gasteiger partial charge is 0.407 e. The number of rotatable bonds is 3. The molecule has 0 saturated carbocycles. The minimum atomic E-state index is -1.07. The summed E-state index contributed by atoms with van der Waals surface area (Å²) in [7, 11) is 0. The lowest BCUT2D eigenvalue weighted by Gasteiger charge is -2.17. The van der Waals surface area contributed by atoms with Crippen LogP contribution in [0.15, 0.2) is 36.9 Å². The standard InChI is InChI=1S/C13H12FN3O3/c14-9-5-8(12(18)11-6-16-13(19)20-11)1-2-10(9)17-4-3-15-7-17/h1-5,7,11-12,18H,6H2,(H,16,19). The van der Waals surface area contributed by atoms with Crippen molar-refractivity contribution in [2.45, 2.75) is 12.2 Å². The van der Waals surface area contributed by atoms with E-state index in [1.807, 2.05) is 0 Å². The third-order valence-corrected chi connectivity index (χ3v) is 3.15. The van der Waals surface area contributed by atoms with Crippen LogP contribution in [0.25, 0.3) is 5.69 Å². The molecule has 0 aliphatic carbocycles. The van der Waals surface area contributed by atoms with Crippen LogP contribution in [0.5, 0.6) is 0 Å². The highest BCUT2D eigenvalue weighted by Crippen LogP contribution is 2.24.